The second-order valence-electron chi connectivity index (χ2n) is 15.4. The topological polar surface area (TPSA) is 74.6 Å². The van der Waals surface area contributed by atoms with Crippen LogP contribution in [0, 0.1) is 50.2 Å². The Bertz CT molecular complexity index is 1050. The Morgan fingerprint density at radius 1 is 0.972 bits per heavy atom. The maximum absolute atomic E-state index is 14.4. The van der Waals surface area contributed by atoms with Gasteiger partial charge in [0.15, 0.2) is 11.6 Å². The predicted octanol–water partition coefficient (Wildman–Crippen LogP) is 6.97. The fourth-order valence-corrected chi connectivity index (χ4v) is 10.7. The number of aliphatic hydroxyl groups excluding tert-OH is 2. The van der Waals surface area contributed by atoms with Gasteiger partial charge in [-0.1, -0.05) is 54.0 Å². The van der Waals surface area contributed by atoms with E-state index >= 15 is 0 Å². The number of ketones is 2. The molecular formula is C32H48O4. The molecule has 2 unspecified atom stereocenters. The highest BCUT2D eigenvalue weighted by molar-refractivity contribution is 6.01. The highest BCUT2D eigenvalue weighted by atomic mass is 16.3. The molecule has 0 bridgehead atoms. The van der Waals surface area contributed by atoms with Crippen molar-refractivity contribution in [2.24, 2.45) is 50.2 Å². The number of rotatable bonds is 2. The summed E-state index contributed by atoms with van der Waals surface area (Å²) in [6, 6.07) is 0. The van der Waals surface area contributed by atoms with Crippen LogP contribution in [0.1, 0.15) is 106 Å². The van der Waals surface area contributed by atoms with Crippen LogP contribution in [-0.4, -0.2) is 28.4 Å². The van der Waals surface area contributed by atoms with Gasteiger partial charge in [0.05, 0.1) is 6.26 Å². The lowest BCUT2D eigenvalue weighted by atomic mass is 9.33. The highest BCUT2D eigenvalue weighted by Crippen LogP contribution is 2.75. The van der Waals surface area contributed by atoms with Gasteiger partial charge in [-0.15, -0.1) is 0 Å². The lowest BCUT2D eigenvalue weighted by Crippen LogP contribution is -2.65. The zero-order valence-electron chi connectivity index (χ0n) is 23.7. The maximum atomic E-state index is 14.4. The Hall–Kier alpha value is -1.42. The summed E-state index contributed by atoms with van der Waals surface area (Å²) in [6.45, 7) is 16.1. The van der Waals surface area contributed by atoms with Crippen molar-refractivity contribution in [1.29, 1.82) is 0 Å². The Morgan fingerprint density at radius 3 is 2.28 bits per heavy atom. The van der Waals surface area contributed by atoms with Crippen molar-refractivity contribution >= 4 is 11.6 Å². The Balaban J connectivity index is 1.66. The fourth-order valence-electron chi connectivity index (χ4n) is 10.7. The molecule has 0 aliphatic heterocycles. The second-order valence-corrected chi connectivity index (χ2v) is 15.4. The van der Waals surface area contributed by atoms with E-state index in [1.165, 1.54) is 12.0 Å². The van der Waals surface area contributed by atoms with Gasteiger partial charge < -0.3 is 10.2 Å². The van der Waals surface area contributed by atoms with Gasteiger partial charge in [-0.2, -0.15) is 0 Å². The van der Waals surface area contributed by atoms with Crippen LogP contribution in [0.4, 0.5) is 0 Å². The summed E-state index contributed by atoms with van der Waals surface area (Å²) < 4.78 is 0. The Labute approximate surface area is 218 Å². The van der Waals surface area contributed by atoms with Crippen molar-refractivity contribution in [2.45, 2.75) is 106 Å². The van der Waals surface area contributed by atoms with Gasteiger partial charge in [0.1, 0.15) is 0 Å². The minimum absolute atomic E-state index is 0.0163. The summed E-state index contributed by atoms with van der Waals surface area (Å²) in [4.78, 5) is 27.6. The summed E-state index contributed by atoms with van der Waals surface area (Å²) in [5.74, 6) is 0.771. The van der Waals surface area contributed by atoms with Gasteiger partial charge >= 0.3 is 0 Å². The molecule has 0 radical (unpaired) electrons. The summed E-state index contributed by atoms with van der Waals surface area (Å²) in [7, 11) is 0. The van der Waals surface area contributed by atoms with E-state index in [1.807, 2.05) is 19.9 Å². The van der Waals surface area contributed by atoms with Crippen LogP contribution >= 0.6 is 0 Å². The largest absolute Gasteiger partial charge is 0.515 e. The van der Waals surface area contributed by atoms with Crippen molar-refractivity contribution in [3.05, 3.63) is 23.5 Å². The fraction of sp³-hybridized carbons (Fsp3) is 0.812. The summed E-state index contributed by atoms with van der Waals surface area (Å²) in [5.41, 5.74) is 0.858. The normalized spacial score (nSPS) is 48.4. The number of allylic oxidation sites excluding steroid dienone is 3. The quantitative estimate of drug-likeness (QED) is 0.320. The van der Waals surface area contributed by atoms with E-state index < -0.39 is 5.41 Å². The molecule has 36 heavy (non-hydrogen) atoms. The van der Waals surface area contributed by atoms with E-state index in [4.69, 9.17) is 0 Å². The molecule has 4 fully saturated rings. The van der Waals surface area contributed by atoms with Crippen molar-refractivity contribution in [3.8, 4) is 0 Å². The van der Waals surface area contributed by atoms with E-state index in [2.05, 4.69) is 34.6 Å². The van der Waals surface area contributed by atoms with Crippen LogP contribution in [0.3, 0.4) is 0 Å². The number of carbonyl (C=O) groups is 2. The standard InChI is InChI=1S/C32H48O4/c1-27(2)10-12-32(14-15-33)13-11-31(7)25(21(32)18-27)22(35)16-24-29(5)17-20(19-34)26(36)28(3,4)23(29)8-9-30(24,31)6/h16,19,21,23,25,33-34H,8-15,17-18H2,1-7H3/b20-19-/t21?,23-,25?,29-,30+,31+,32+/m0/s1. The van der Waals surface area contributed by atoms with Gasteiger partial charge in [-0.3, -0.25) is 9.59 Å². The summed E-state index contributed by atoms with van der Waals surface area (Å²) in [6.07, 6.45) is 11.8. The third-order valence-electron chi connectivity index (χ3n) is 12.9. The third-order valence-corrected chi connectivity index (χ3v) is 12.9. The SMILES string of the molecule is CC1(C)CC[C@]2(CCO)CC[C@]3(C)C(C(=O)C=C4[C@@]5(C)C/C(=C/O)C(=O)C(C)(C)[C@@H]5CC[C@]43C)C2C1. The molecule has 5 aliphatic carbocycles. The molecule has 5 rings (SSSR count). The molecule has 2 N–H and O–H groups in total. The van der Waals surface area contributed by atoms with Gasteiger partial charge in [0.25, 0.3) is 0 Å². The molecule has 0 heterocycles. The van der Waals surface area contributed by atoms with Gasteiger partial charge in [0.2, 0.25) is 0 Å². The molecule has 7 atom stereocenters. The number of hydrogen-bond donors (Lipinski definition) is 2. The summed E-state index contributed by atoms with van der Waals surface area (Å²) in [5, 5.41) is 20.1. The van der Waals surface area contributed by atoms with E-state index in [-0.39, 0.29) is 57.1 Å². The smallest absolute Gasteiger partial charge is 0.167 e. The molecule has 4 heteroatoms. The van der Waals surface area contributed by atoms with Crippen LogP contribution in [0.25, 0.3) is 0 Å². The zero-order chi connectivity index (χ0) is 26.5. The molecule has 0 aromatic rings. The molecule has 4 saturated carbocycles. The van der Waals surface area contributed by atoms with Crippen molar-refractivity contribution < 1.29 is 19.8 Å². The van der Waals surface area contributed by atoms with Crippen molar-refractivity contribution in [2.75, 3.05) is 6.61 Å². The molecule has 0 spiro atoms. The number of aliphatic hydroxyl groups is 2. The number of fused-ring (bicyclic) bond motifs is 7. The Morgan fingerprint density at radius 2 is 1.64 bits per heavy atom. The summed E-state index contributed by atoms with van der Waals surface area (Å²) >= 11 is 0. The molecule has 0 amide bonds. The molecule has 0 saturated heterocycles. The molecule has 0 aromatic heterocycles. The average Bonchev–Trinajstić information content (AvgIpc) is 2.79. The maximum Gasteiger partial charge on any atom is 0.167 e. The highest BCUT2D eigenvalue weighted by Gasteiger charge is 2.70. The first-order valence-electron chi connectivity index (χ1n) is 14.4. The van der Waals surface area contributed by atoms with Crippen LogP contribution in [0.5, 0.6) is 0 Å². The lowest BCUT2D eigenvalue weighted by molar-refractivity contribution is -0.176. The van der Waals surface area contributed by atoms with E-state index in [9.17, 15) is 19.8 Å². The third kappa shape index (κ3) is 3.15. The minimum atomic E-state index is -0.569. The number of Topliss-reactive ketones (excluding diaryl/α,β-unsaturated/α-hetero) is 1. The van der Waals surface area contributed by atoms with Crippen molar-refractivity contribution in [3.63, 3.8) is 0 Å². The molecular weight excluding hydrogens is 448 g/mol. The molecule has 200 valence electrons. The van der Waals surface area contributed by atoms with Crippen LogP contribution < -0.4 is 0 Å². The zero-order valence-corrected chi connectivity index (χ0v) is 23.7. The van der Waals surface area contributed by atoms with Crippen molar-refractivity contribution in [1.82, 2.24) is 0 Å². The number of hydrogen-bond acceptors (Lipinski definition) is 4. The van der Waals surface area contributed by atoms with Gasteiger partial charge in [-0.05, 0) is 103 Å². The predicted molar refractivity (Wildman–Crippen MR) is 142 cm³/mol. The minimum Gasteiger partial charge on any atom is -0.515 e. The number of carbonyl (C=O) groups excluding carboxylic acids is 2. The van der Waals surface area contributed by atoms with E-state index in [0.29, 0.717) is 17.9 Å². The first kappa shape index (κ1) is 26.2. The second kappa shape index (κ2) is 7.80. The molecule has 5 aliphatic rings. The van der Waals surface area contributed by atoms with Crippen LogP contribution in [0.15, 0.2) is 23.5 Å². The van der Waals surface area contributed by atoms with E-state index in [1.54, 1.807) is 0 Å². The molecule has 4 nitrogen and oxygen atoms in total. The lowest BCUT2D eigenvalue weighted by Gasteiger charge is -2.70. The van der Waals surface area contributed by atoms with Crippen LogP contribution in [0.2, 0.25) is 0 Å². The van der Waals surface area contributed by atoms with Gasteiger partial charge in [0, 0.05) is 23.5 Å². The van der Waals surface area contributed by atoms with Crippen LogP contribution in [-0.2, 0) is 9.59 Å². The molecule has 0 aromatic carbocycles. The first-order valence-corrected chi connectivity index (χ1v) is 14.4. The first-order chi connectivity index (χ1) is 16.6. The Kier molecular flexibility index (Phi) is 5.68. The monoisotopic (exact) mass is 496 g/mol. The average molecular weight is 497 g/mol. The van der Waals surface area contributed by atoms with Gasteiger partial charge in [-0.25, -0.2) is 0 Å². The van der Waals surface area contributed by atoms with E-state index in [0.717, 1.165) is 51.2 Å².